The first-order valence-corrected chi connectivity index (χ1v) is 4.66. The van der Waals surface area contributed by atoms with Gasteiger partial charge in [-0.2, -0.15) is 0 Å². The minimum absolute atomic E-state index is 0.149. The maximum absolute atomic E-state index is 10.6. The Morgan fingerprint density at radius 1 is 1.67 bits per heavy atom. The molecule has 1 heterocycles. The molecule has 0 amide bonds. The fourth-order valence-corrected chi connectivity index (χ4v) is 1.36. The van der Waals surface area contributed by atoms with Crippen molar-refractivity contribution in [2.45, 2.75) is 19.6 Å². The molecule has 0 aliphatic rings. The number of aliphatic hydroxyl groups excluding tert-OH is 1. The molecule has 0 aliphatic heterocycles. The van der Waals surface area contributed by atoms with Crippen molar-refractivity contribution >= 4 is 5.97 Å². The SMILES string of the molecule is CC(O)CN(C)Cc1cc(C(=O)O)co1. The lowest BCUT2D eigenvalue weighted by atomic mass is 10.3. The van der Waals surface area contributed by atoms with Crippen LogP contribution < -0.4 is 0 Å². The summed E-state index contributed by atoms with van der Waals surface area (Å²) in [6, 6.07) is 1.49. The summed E-state index contributed by atoms with van der Waals surface area (Å²) < 4.78 is 5.07. The normalized spacial score (nSPS) is 13.1. The first-order valence-electron chi connectivity index (χ1n) is 4.66. The van der Waals surface area contributed by atoms with E-state index in [1.807, 2.05) is 11.9 Å². The van der Waals surface area contributed by atoms with Gasteiger partial charge in [-0.15, -0.1) is 0 Å². The van der Waals surface area contributed by atoms with E-state index in [-0.39, 0.29) is 5.56 Å². The highest BCUT2D eigenvalue weighted by atomic mass is 16.4. The maximum atomic E-state index is 10.6. The highest BCUT2D eigenvalue weighted by Crippen LogP contribution is 2.09. The van der Waals surface area contributed by atoms with Crippen LogP contribution in [0, 0.1) is 0 Å². The molecule has 1 atom stereocenters. The second kappa shape index (κ2) is 4.95. The summed E-state index contributed by atoms with van der Waals surface area (Å²) in [6.07, 6.45) is 0.803. The Morgan fingerprint density at radius 3 is 2.80 bits per heavy atom. The van der Waals surface area contributed by atoms with Crippen molar-refractivity contribution in [3.05, 3.63) is 23.7 Å². The number of aromatic carboxylic acids is 1. The van der Waals surface area contributed by atoms with Gasteiger partial charge in [0.25, 0.3) is 0 Å². The summed E-state index contributed by atoms with van der Waals surface area (Å²) in [6.45, 7) is 2.70. The number of aliphatic hydroxyl groups is 1. The lowest BCUT2D eigenvalue weighted by Crippen LogP contribution is -2.26. The number of carbonyl (C=O) groups is 1. The molecule has 0 spiro atoms. The Kier molecular flexibility index (Phi) is 3.88. The van der Waals surface area contributed by atoms with Gasteiger partial charge in [-0.05, 0) is 20.0 Å². The van der Waals surface area contributed by atoms with E-state index in [1.54, 1.807) is 6.92 Å². The van der Waals surface area contributed by atoms with Gasteiger partial charge in [-0.1, -0.05) is 0 Å². The second-order valence-corrected chi connectivity index (χ2v) is 3.65. The maximum Gasteiger partial charge on any atom is 0.338 e. The van der Waals surface area contributed by atoms with Crippen LogP contribution in [0.1, 0.15) is 23.0 Å². The summed E-state index contributed by atoms with van der Waals surface area (Å²) in [5, 5.41) is 17.8. The van der Waals surface area contributed by atoms with Gasteiger partial charge in [-0.3, -0.25) is 4.90 Å². The topological polar surface area (TPSA) is 73.9 Å². The van der Waals surface area contributed by atoms with E-state index in [1.165, 1.54) is 12.3 Å². The van der Waals surface area contributed by atoms with E-state index >= 15 is 0 Å². The Morgan fingerprint density at radius 2 is 2.33 bits per heavy atom. The molecule has 0 saturated carbocycles. The number of hydrogen-bond donors (Lipinski definition) is 2. The van der Waals surface area contributed by atoms with Crippen LogP contribution in [0.4, 0.5) is 0 Å². The van der Waals surface area contributed by atoms with Crippen molar-refractivity contribution in [1.29, 1.82) is 0 Å². The Hall–Kier alpha value is -1.33. The third-order valence-electron chi connectivity index (χ3n) is 1.90. The van der Waals surface area contributed by atoms with Crippen molar-refractivity contribution in [2.24, 2.45) is 0 Å². The Balaban J connectivity index is 2.53. The molecule has 1 aromatic heterocycles. The minimum atomic E-state index is -0.997. The average Bonchev–Trinajstić information content (AvgIpc) is 2.50. The van der Waals surface area contributed by atoms with E-state index in [0.717, 1.165) is 0 Å². The summed E-state index contributed by atoms with van der Waals surface area (Å²) in [5.74, 6) is -0.418. The molecule has 0 fully saturated rings. The summed E-state index contributed by atoms with van der Waals surface area (Å²) >= 11 is 0. The lowest BCUT2D eigenvalue weighted by Gasteiger charge is -2.16. The van der Waals surface area contributed by atoms with Crippen molar-refractivity contribution in [3.8, 4) is 0 Å². The predicted octanol–water partition coefficient (Wildman–Crippen LogP) is 0.790. The largest absolute Gasteiger partial charge is 0.478 e. The summed E-state index contributed by atoms with van der Waals surface area (Å²) in [7, 11) is 1.83. The molecular weight excluding hydrogens is 198 g/mol. The fraction of sp³-hybridized carbons (Fsp3) is 0.500. The molecule has 0 saturated heterocycles. The molecular formula is C10H15NO4. The Labute approximate surface area is 87.9 Å². The van der Waals surface area contributed by atoms with Crippen LogP contribution in [-0.2, 0) is 6.54 Å². The van der Waals surface area contributed by atoms with Crippen LogP contribution in [-0.4, -0.2) is 40.8 Å². The zero-order valence-electron chi connectivity index (χ0n) is 8.80. The van der Waals surface area contributed by atoms with E-state index in [9.17, 15) is 4.79 Å². The zero-order valence-corrected chi connectivity index (χ0v) is 8.80. The molecule has 0 aromatic carbocycles. The molecule has 15 heavy (non-hydrogen) atoms. The average molecular weight is 213 g/mol. The molecule has 2 N–H and O–H groups in total. The molecule has 1 aromatic rings. The van der Waals surface area contributed by atoms with Crippen molar-refractivity contribution < 1.29 is 19.4 Å². The van der Waals surface area contributed by atoms with E-state index < -0.39 is 12.1 Å². The van der Waals surface area contributed by atoms with Gasteiger partial charge >= 0.3 is 5.97 Å². The van der Waals surface area contributed by atoms with Gasteiger partial charge in [0.2, 0.25) is 0 Å². The van der Waals surface area contributed by atoms with Crippen LogP contribution in [0.5, 0.6) is 0 Å². The van der Waals surface area contributed by atoms with Crippen molar-refractivity contribution in [1.82, 2.24) is 4.90 Å². The standard InChI is InChI=1S/C10H15NO4/c1-7(12)4-11(2)5-9-3-8(6-15-9)10(13)14/h3,6-7,12H,4-5H2,1-2H3,(H,13,14). The molecule has 5 heteroatoms. The third-order valence-corrected chi connectivity index (χ3v) is 1.90. The highest BCUT2D eigenvalue weighted by Gasteiger charge is 2.10. The van der Waals surface area contributed by atoms with Crippen LogP contribution in [0.25, 0.3) is 0 Å². The number of hydrogen-bond acceptors (Lipinski definition) is 4. The molecule has 0 aliphatic carbocycles. The van der Waals surface area contributed by atoms with Gasteiger partial charge in [0, 0.05) is 6.54 Å². The van der Waals surface area contributed by atoms with Crippen LogP contribution in [0.2, 0.25) is 0 Å². The number of nitrogens with zero attached hydrogens (tertiary/aromatic N) is 1. The summed E-state index contributed by atoms with van der Waals surface area (Å²) in [5.41, 5.74) is 0.149. The fourth-order valence-electron chi connectivity index (χ4n) is 1.36. The first kappa shape index (κ1) is 11.7. The predicted molar refractivity (Wildman–Crippen MR) is 53.7 cm³/mol. The van der Waals surface area contributed by atoms with E-state index in [4.69, 9.17) is 14.6 Å². The molecule has 5 nitrogen and oxygen atoms in total. The van der Waals surface area contributed by atoms with Crippen molar-refractivity contribution in [2.75, 3.05) is 13.6 Å². The Bertz CT molecular complexity index is 332. The molecule has 0 bridgehead atoms. The molecule has 84 valence electrons. The smallest absolute Gasteiger partial charge is 0.338 e. The second-order valence-electron chi connectivity index (χ2n) is 3.65. The molecule has 1 rings (SSSR count). The van der Waals surface area contributed by atoms with Crippen LogP contribution in [0.15, 0.2) is 16.7 Å². The number of likely N-dealkylation sites (N-methyl/N-ethyl adjacent to an activating group) is 1. The zero-order chi connectivity index (χ0) is 11.4. The minimum Gasteiger partial charge on any atom is -0.478 e. The first-order chi connectivity index (χ1) is 6.99. The lowest BCUT2D eigenvalue weighted by molar-refractivity contribution is 0.0696. The number of rotatable bonds is 5. The van der Waals surface area contributed by atoms with Crippen LogP contribution in [0.3, 0.4) is 0 Å². The molecule has 1 unspecified atom stereocenters. The van der Waals surface area contributed by atoms with Gasteiger partial charge in [-0.25, -0.2) is 4.79 Å². The van der Waals surface area contributed by atoms with Gasteiger partial charge in [0.1, 0.15) is 12.0 Å². The van der Waals surface area contributed by atoms with E-state index in [0.29, 0.717) is 18.8 Å². The quantitative estimate of drug-likeness (QED) is 0.756. The van der Waals surface area contributed by atoms with E-state index in [2.05, 4.69) is 0 Å². The summed E-state index contributed by atoms with van der Waals surface area (Å²) in [4.78, 5) is 12.4. The van der Waals surface area contributed by atoms with Gasteiger partial charge < -0.3 is 14.6 Å². The van der Waals surface area contributed by atoms with Gasteiger partial charge in [0.05, 0.1) is 18.2 Å². The third kappa shape index (κ3) is 3.73. The number of carboxylic acids is 1. The number of furan rings is 1. The number of carboxylic acid groups (broad SMARTS) is 1. The van der Waals surface area contributed by atoms with Gasteiger partial charge in [0.15, 0.2) is 0 Å². The van der Waals surface area contributed by atoms with Crippen molar-refractivity contribution in [3.63, 3.8) is 0 Å². The monoisotopic (exact) mass is 213 g/mol. The van der Waals surface area contributed by atoms with Crippen LogP contribution >= 0.6 is 0 Å². The molecule has 0 radical (unpaired) electrons. The highest BCUT2D eigenvalue weighted by molar-refractivity contribution is 5.87.